The molecule has 1 aliphatic carbocycles. The fourth-order valence-electron chi connectivity index (χ4n) is 2.11. The van der Waals surface area contributed by atoms with Gasteiger partial charge in [0.25, 0.3) is 5.97 Å². The van der Waals surface area contributed by atoms with Gasteiger partial charge in [-0.25, -0.2) is 0 Å². The van der Waals surface area contributed by atoms with Crippen LogP contribution in [0.1, 0.15) is 84.6 Å². The number of aliphatic carboxylic acids is 1. The quantitative estimate of drug-likeness (QED) is 0.646. The lowest BCUT2D eigenvalue weighted by molar-refractivity contribution is -0.134. The summed E-state index contributed by atoms with van der Waals surface area (Å²) in [7, 11) is 0. The molecular weight excluding hydrogens is 272 g/mol. The van der Waals surface area contributed by atoms with Gasteiger partial charge in [-0.05, 0) is 18.4 Å². The molecule has 1 aromatic carbocycles. The maximum atomic E-state index is 9.00. The highest BCUT2D eigenvalue weighted by Gasteiger charge is 1.95. The lowest BCUT2D eigenvalue weighted by atomic mass is 10.1. The van der Waals surface area contributed by atoms with Crippen LogP contribution in [-0.2, 0) is 11.2 Å². The van der Waals surface area contributed by atoms with Crippen LogP contribution in [0.15, 0.2) is 30.3 Å². The van der Waals surface area contributed by atoms with Crippen LogP contribution >= 0.6 is 0 Å². The topological polar surface area (TPSA) is 37.3 Å². The minimum atomic E-state index is -0.833. The number of carboxylic acid groups (broad SMARTS) is 1. The summed E-state index contributed by atoms with van der Waals surface area (Å²) in [4.78, 5) is 9.00. The van der Waals surface area contributed by atoms with Crippen LogP contribution < -0.4 is 0 Å². The van der Waals surface area contributed by atoms with Crippen LogP contribution in [0.25, 0.3) is 0 Å². The van der Waals surface area contributed by atoms with Gasteiger partial charge in [0, 0.05) is 6.92 Å². The van der Waals surface area contributed by atoms with E-state index < -0.39 is 5.97 Å². The van der Waals surface area contributed by atoms with Gasteiger partial charge in [0.1, 0.15) is 0 Å². The number of aryl methyl sites for hydroxylation is 1. The van der Waals surface area contributed by atoms with E-state index in [-0.39, 0.29) is 0 Å². The third-order valence-electron chi connectivity index (χ3n) is 3.16. The second-order valence-corrected chi connectivity index (χ2v) is 5.23. The van der Waals surface area contributed by atoms with Gasteiger partial charge in [-0.15, -0.1) is 0 Å². The number of hydrogen-bond donors (Lipinski definition) is 1. The van der Waals surface area contributed by atoms with E-state index in [0.717, 1.165) is 6.92 Å². The first kappa shape index (κ1) is 23.0. The molecule has 0 unspecified atom stereocenters. The third-order valence-corrected chi connectivity index (χ3v) is 3.16. The summed E-state index contributed by atoms with van der Waals surface area (Å²) in [6, 6.07) is 10.7. The summed E-state index contributed by atoms with van der Waals surface area (Å²) < 4.78 is 0. The summed E-state index contributed by atoms with van der Waals surface area (Å²) in [6.07, 6.45) is 12.7. The zero-order valence-corrected chi connectivity index (χ0v) is 15.1. The van der Waals surface area contributed by atoms with Crippen molar-refractivity contribution in [3.05, 3.63) is 35.9 Å². The van der Waals surface area contributed by atoms with E-state index >= 15 is 0 Å². The van der Waals surface area contributed by atoms with Crippen LogP contribution in [0.3, 0.4) is 0 Å². The van der Waals surface area contributed by atoms with Crippen molar-refractivity contribution < 1.29 is 9.90 Å². The maximum Gasteiger partial charge on any atom is 0.300 e. The monoisotopic (exact) mass is 308 g/mol. The average Bonchev–Trinajstić information content (AvgIpc) is 3.10. The molecule has 0 spiro atoms. The molecule has 128 valence electrons. The molecule has 1 N–H and O–H groups in total. The molecule has 1 aromatic rings. The van der Waals surface area contributed by atoms with Gasteiger partial charge < -0.3 is 5.11 Å². The summed E-state index contributed by atoms with van der Waals surface area (Å²) in [5.41, 5.74) is 1.47. The SMILES string of the molecule is C1CCCC1.CC.CC(=O)O.CCCCCc1ccccc1. The highest BCUT2D eigenvalue weighted by atomic mass is 16.4. The number of carbonyl (C=O) groups is 1. The van der Waals surface area contributed by atoms with Gasteiger partial charge in [-0.1, -0.05) is 96.0 Å². The summed E-state index contributed by atoms with van der Waals surface area (Å²) >= 11 is 0. The largest absolute Gasteiger partial charge is 0.481 e. The summed E-state index contributed by atoms with van der Waals surface area (Å²) in [6.45, 7) is 7.32. The van der Waals surface area contributed by atoms with Crippen LogP contribution in [0, 0.1) is 0 Å². The molecule has 2 nitrogen and oxygen atoms in total. The second kappa shape index (κ2) is 19.7. The van der Waals surface area contributed by atoms with E-state index in [0.29, 0.717) is 0 Å². The van der Waals surface area contributed by atoms with E-state index in [1.165, 1.54) is 63.4 Å². The molecule has 0 aromatic heterocycles. The molecule has 1 saturated carbocycles. The standard InChI is InChI=1S/C11H16.C5H10.C2H4O2.C2H6/c1-2-3-5-8-11-9-6-4-7-10-11;1-2-4-5-3-1;1-2(3)4;1-2/h4,6-7,9-10H,2-3,5,8H2,1H3;1-5H2;1H3,(H,3,4);1-2H3. The van der Waals surface area contributed by atoms with E-state index in [2.05, 4.69) is 37.3 Å². The third kappa shape index (κ3) is 21.0. The number of rotatable bonds is 4. The molecule has 0 heterocycles. The van der Waals surface area contributed by atoms with Crippen molar-refractivity contribution in [2.24, 2.45) is 0 Å². The van der Waals surface area contributed by atoms with Gasteiger partial charge in [0.05, 0.1) is 0 Å². The molecule has 1 fully saturated rings. The Labute approximate surface area is 138 Å². The van der Waals surface area contributed by atoms with Crippen LogP contribution in [0.2, 0.25) is 0 Å². The minimum absolute atomic E-state index is 0.833. The second-order valence-electron chi connectivity index (χ2n) is 5.23. The van der Waals surface area contributed by atoms with Gasteiger partial charge >= 0.3 is 0 Å². The Hall–Kier alpha value is -1.31. The molecule has 0 saturated heterocycles. The van der Waals surface area contributed by atoms with Gasteiger partial charge in [-0.2, -0.15) is 0 Å². The highest BCUT2D eigenvalue weighted by Crippen LogP contribution is 2.15. The van der Waals surface area contributed by atoms with E-state index in [1.54, 1.807) is 0 Å². The molecule has 22 heavy (non-hydrogen) atoms. The average molecular weight is 309 g/mol. The number of benzene rings is 1. The molecule has 0 amide bonds. The van der Waals surface area contributed by atoms with Crippen LogP contribution in [0.5, 0.6) is 0 Å². The van der Waals surface area contributed by atoms with Crippen molar-refractivity contribution in [2.75, 3.05) is 0 Å². The smallest absolute Gasteiger partial charge is 0.300 e. The van der Waals surface area contributed by atoms with Crippen LogP contribution in [-0.4, -0.2) is 11.1 Å². The Morgan fingerprint density at radius 3 is 1.73 bits per heavy atom. The Kier molecular flexibility index (Phi) is 20.6. The summed E-state index contributed by atoms with van der Waals surface area (Å²) in [5, 5.41) is 7.42. The van der Waals surface area contributed by atoms with Crippen molar-refractivity contribution in [3.8, 4) is 0 Å². The lowest BCUT2D eigenvalue weighted by Crippen LogP contribution is -1.83. The van der Waals surface area contributed by atoms with Crippen molar-refractivity contribution in [1.82, 2.24) is 0 Å². The van der Waals surface area contributed by atoms with Crippen molar-refractivity contribution >= 4 is 5.97 Å². The summed E-state index contributed by atoms with van der Waals surface area (Å²) in [5.74, 6) is -0.833. The van der Waals surface area contributed by atoms with Crippen molar-refractivity contribution in [2.45, 2.75) is 85.5 Å². The van der Waals surface area contributed by atoms with E-state index in [9.17, 15) is 0 Å². The minimum Gasteiger partial charge on any atom is -0.481 e. The van der Waals surface area contributed by atoms with Gasteiger partial charge in [-0.3, -0.25) is 4.79 Å². The van der Waals surface area contributed by atoms with E-state index in [1.807, 2.05) is 13.8 Å². The molecule has 0 bridgehead atoms. The molecule has 2 rings (SSSR count). The normalized spacial score (nSPS) is 11.8. The predicted octanol–water partition coefficient (Wildman–Crippen LogP) is 6.49. The Bertz CT molecular complexity index is 304. The number of hydrogen-bond acceptors (Lipinski definition) is 1. The van der Waals surface area contributed by atoms with Crippen LogP contribution in [0.4, 0.5) is 0 Å². The Morgan fingerprint density at radius 2 is 1.36 bits per heavy atom. The molecule has 0 aliphatic heterocycles. The fraction of sp³-hybridized carbons (Fsp3) is 0.650. The molecule has 2 heteroatoms. The first-order valence-electron chi connectivity index (χ1n) is 8.90. The Balaban J connectivity index is 0. The maximum absolute atomic E-state index is 9.00. The Morgan fingerprint density at radius 1 is 0.955 bits per heavy atom. The zero-order valence-electron chi connectivity index (χ0n) is 15.1. The van der Waals surface area contributed by atoms with Gasteiger partial charge in [0.2, 0.25) is 0 Å². The van der Waals surface area contributed by atoms with Crippen molar-refractivity contribution in [3.63, 3.8) is 0 Å². The first-order valence-corrected chi connectivity index (χ1v) is 8.90. The zero-order chi connectivity index (χ0) is 17.1. The first-order chi connectivity index (χ1) is 10.7. The molecule has 1 aliphatic rings. The van der Waals surface area contributed by atoms with Crippen molar-refractivity contribution in [1.29, 1.82) is 0 Å². The number of carboxylic acids is 1. The van der Waals surface area contributed by atoms with Gasteiger partial charge in [0.15, 0.2) is 0 Å². The predicted molar refractivity (Wildman–Crippen MR) is 97.4 cm³/mol. The lowest BCUT2D eigenvalue weighted by Gasteiger charge is -1.98. The molecule has 0 atom stereocenters. The highest BCUT2D eigenvalue weighted by molar-refractivity contribution is 5.62. The number of unbranched alkanes of at least 4 members (excludes halogenated alkanes) is 2. The molecule has 0 radical (unpaired) electrons. The van der Waals surface area contributed by atoms with E-state index in [4.69, 9.17) is 9.90 Å². The molecular formula is C20H36O2. The fourth-order valence-corrected chi connectivity index (χ4v) is 2.11.